The minimum absolute atomic E-state index is 0.158. The molecule has 0 aromatic carbocycles. The van der Waals surface area contributed by atoms with Gasteiger partial charge in [-0.2, -0.15) is 5.10 Å². The average Bonchev–Trinajstić information content (AvgIpc) is 2.85. The fourth-order valence-electron chi connectivity index (χ4n) is 2.10. The summed E-state index contributed by atoms with van der Waals surface area (Å²) < 4.78 is 2.02. The predicted molar refractivity (Wildman–Crippen MR) is 72.4 cm³/mol. The van der Waals surface area contributed by atoms with Crippen molar-refractivity contribution in [3.63, 3.8) is 0 Å². The van der Waals surface area contributed by atoms with E-state index < -0.39 is 0 Å². The zero-order valence-electron chi connectivity index (χ0n) is 11.2. The quantitative estimate of drug-likeness (QED) is 0.877. The summed E-state index contributed by atoms with van der Waals surface area (Å²) in [7, 11) is 0. The van der Waals surface area contributed by atoms with Crippen LogP contribution in [-0.2, 0) is 6.54 Å². The van der Waals surface area contributed by atoms with Crippen LogP contribution in [0, 0.1) is 6.92 Å². The van der Waals surface area contributed by atoms with Crippen LogP contribution in [0.25, 0.3) is 0 Å². The summed E-state index contributed by atoms with van der Waals surface area (Å²) in [6.07, 6.45) is 3.79. The molecule has 0 aliphatic heterocycles. The highest BCUT2D eigenvalue weighted by atomic mass is 15.3. The first kappa shape index (κ1) is 12.8. The van der Waals surface area contributed by atoms with Crippen LogP contribution in [0.3, 0.4) is 0 Å². The topological polar surface area (TPSA) is 42.7 Å². The van der Waals surface area contributed by atoms with Gasteiger partial charge in [0.15, 0.2) is 0 Å². The van der Waals surface area contributed by atoms with Crippen molar-refractivity contribution < 1.29 is 0 Å². The fourth-order valence-corrected chi connectivity index (χ4v) is 2.10. The van der Waals surface area contributed by atoms with Gasteiger partial charge in [-0.1, -0.05) is 13.0 Å². The normalized spacial score (nSPS) is 12.6. The highest BCUT2D eigenvalue weighted by Gasteiger charge is 2.16. The monoisotopic (exact) mass is 244 g/mol. The molecular formula is C14H20N4. The molecule has 0 aliphatic rings. The highest BCUT2D eigenvalue weighted by molar-refractivity contribution is 5.26. The third-order valence-electron chi connectivity index (χ3n) is 3.02. The van der Waals surface area contributed by atoms with Gasteiger partial charge >= 0.3 is 0 Å². The van der Waals surface area contributed by atoms with E-state index in [9.17, 15) is 0 Å². The summed E-state index contributed by atoms with van der Waals surface area (Å²) in [5, 5.41) is 7.83. The van der Waals surface area contributed by atoms with Crippen LogP contribution in [-0.4, -0.2) is 21.3 Å². The third kappa shape index (κ3) is 2.59. The zero-order chi connectivity index (χ0) is 13.0. The molecule has 18 heavy (non-hydrogen) atoms. The molecule has 0 saturated carbocycles. The van der Waals surface area contributed by atoms with E-state index in [2.05, 4.69) is 41.4 Å². The lowest BCUT2D eigenvalue weighted by Gasteiger charge is -2.19. The summed E-state index contributed by atoms with van der Waals surface area (Å²) >= 11 is 0. The summed E-state index contributed by atoms with van der Waals surface area (Å²) in [6, 6.07) is 6.40. The molecule has 2 rings (SSSR count). The van der Waals surface area contributed by atoms with E-state index in [1.54, 1.807) is 0 Å². The molecule has 4 nitrogen and oxygen atoms in total. The lowest BCUT2D eigenvalue weighted by atomic mass is 10.1. The Labute approximate surface area is 108 Å². The van der Waals surface area contributed by atoms with E-state index >= 15 is 0 Å². The standard InChI is InChI=1S/C14H20N4/c1-4-15-14(12-7-6-11(3)16-10-12)13-8-9-17-18(13)5-2/h6-10,14-15H,4-5H2,1-3H3. The van der Waals surface area contributed by atoms with Gasteiger partial charge in [-0.3, -0.25) is 9.67 Å². The van der Waals surface area contributed by atoms with Crippen molar-refractivity contribution in [2.24, 2.45) is 0 Å². The van der Waals surface area contributed by atoms with Gasteiger partial charge in [0.05, 0.1) is 11.7 Å². The van der Waals surface area contributed by atoms with Crippen molar-refractivity contribution in [3.05, 3.63) is 47.5 Å². The zero-order valence-corrected chi connectivity index (χ0v) is 11.2. The number of aromatic nitrogens is 3. The van der Waals surface area contributed by atoms with Crippen molar-refractivity contribution in [3.8, 4) is 0 Å². The molecule has 4 heteroatoms. The molecule has 96 valence electrons. The fraction of sp³-hybridized carbons (Fsp3) is 0.429. The van der Waals surface area contributed by atoms with Crippen molar-refractivity contribution in [1.82, 2.24) is 20.1 Å². The predicted octanol–water partition coefficient (Wildman–Crippen LogP) is 2.31. The van der Waals surface area contributed by atoms with Gasteiger partial charge in [0.1, 0.15) is 0 Å². The van der Waals surface area contributed by atoms with Gasteiger partial charge in [-0.25, -0.2) is 0 Å². The van der Waals surface area contributed by atoms with Gasteiger partial charge in [-0.15, -0.1) is 0 Å². The summed E-state index contributed by atoms with van der Waals surface area (Å²) in [6.45, 7) is 8.01. The first-order chi connectivity index (χ1) is 8.76. The van der Waals surface area contributed by atoms with Crippen LogP contribution in [0.1, 0.15) is 36.8 Å². The van der Waals surface area contributed by atoms with Gasteiger partial charge in [0.2, 0.25) is 0 Å². The Bertz CT molecular complexity index is 487. The van der Waals surface area contributed by atoms with Gasteiger partial charge in [0, 0.05) is 24.6 Å². The second-order valence-corrected chi connectivity index (χ2v) is 4.30. The molecule has 0 aliphatic carbocycles. The van der Waals surface area contributed by atoms with Crippen molar-refractivity contribution in [1.29, 1.82) is 0 Å². The van der Waals surface area contributed by atoms with E-state index in [1.165, 1.54) is 11.3 Å². The molecule has 1 N–H and O–H groups in total. The summed E-state index contributed by atoms with van der Waals surface area (Å²) in [5.41, 5.74) is 3.40. The van der Waals surface area contributed by atoms with E-state index in [-0.39, 0.29) is 6.04 Å². The minimum atomic E-state index is 0.158. The minimum Gasteiger partial charge on any atom is -0.305 e. The van der Waals surface area contributed by atoms with Gasteiger partial charge < -0.3 is 5.32 Å². The molecule has 0 bridgehead atoms. The maximum Gasteiger partial charge on any atom is 0.0763 e. The third-order valence-corrected chi connectivity index (χ3v) is 3.02. The molecule has 2 aromatic rings. The molecule has 0 amide bonds. The van der Waals surface area contributed by atoms with Crippen molar-refractivity contribution in [2.45, 2.75) is 33.4 Å². The van der Waals surface area contributed by atoms with Crippen LogP contribution < -0.4 is 5.32 Å². The molecule has 2 aromatic heterocycles. The summed E-state index contributed by atoms with van der Waals surface area (Å²) in [5.74, 6) is 0. The van der Waals surface area contributed by atoms with Crippen molar-refractivity contribution in [2.75, 3.05) is 6.54 Å². The Hall–Kier alpha value is -1.68. The molecule has 2 heterocycles. The average molecular weight is 244 g/mol. The Morgan fingerprint density at radius 2 is 2.11 bits per heavy atom. The number of hydrogen-bond donors (Lipinski definition) is 1. The number of aryl methyl sites for hydroxylation is 2. The van der Waals surface area contributed by atoms with Crippen LogP contribution in [0.4, 0.5) is 0 Å². The number of rotatable bonds is 5. The molecular weight excluding hydrogens is 224 g/mol. The molecule has 1 unspecified atom stereocenters. The van der Waals surface area contributed by atoms with Crippen LogP contribution in [0.5, 0.6) is 0 Å². The largest absolute Gasteiger partial charge is 0.305 e. The second-order valence-electron chi connectivity index (χ2n) is 4.30. The first-order valence-corrected chi connectivity index (χ1v) is 6.43. The van der Waals surface area contributed by atoms with Gasteiger partial charge in [0.25, 0.3) is 0 Å². The number of nitrogens with one attached hydrogen (secondary N) is 1. The first-order valence-electron chi connectivity index (χ1n) is 6.43. The van der Waals surface area contributed by atoms with E-state index in [4.69, 9.17) is 0 Å². The second kappa shape index (κ2) is 5.78. The maximum atomic E-state index is 4.38. The number of hydrogen-bond acceptors (Lipinski definition) is 3. The molecule has 0 spiro atoms. The van der Waals surface area contributed by atoms with Crippen molar-refractivity contribution >= 4 is 0 Å². The lowest BCUT2D eigenvalue weighted by molar-refractivity contribution is 0.541. The smallest absolute Gasteiger partial charge is 0.0763 e. The van der Waals surface area contributed by atoms with Crippen LogP contribution in [0.2, 0.25) is 0 Å². The molecule has 1 atom stereocenters. The summed E-state index contributed by atoms with van der Waals surface area (Å²) in [4.78, 5) is 4.38. The van der Waals surface area contributed by atoms with Crippen LogP contribution in [0.15, 0.2) is 30.6 Å². The van der Waals surface area contributed by atoms with E-state index in [0.717, 1.165) is 18.8 Å². The van der Waals surface area contributed by atoms with Gasteiger partial charge in [-0.05, 0) is 38.1 Å². The lowest BCUT2D eigenvalue weighted by Crippen LogP contribution is -2.25. The Balaban J connectivity index is 2.36. The Morgan fingerprint density at radius 1 is 1.28 bits per heavy atom. The molecule has 0 fully saturated rings. The maximum absolute atomic E-state index is 4.38. The van der Waals surface area contributed by atoms with E-state index in [0.29, 0.717) is 0 Å². The number of nitrogens with zero attached hydrogens (tertiary/aromatic N) is 3. The number of pyridine rings is 1. The Kier molecular flexibility index (Phi) is 4.10. The molecule has 0 saturated heterocycles. The SMILES string of the molecule is CCNC(c1ccc(C)nc1)c1ccnn1CC. The molecule has 0 radical (unpaired) electrons. The highest BCUT2D eigenvalue weighted by Crippen LogP contribution is 2.21. The Morgan fingerprint density at radius 3 is 2.72 bits per heavy atom. The van der Waals surface area contributed by atoms with Crippen LogP contribution >= 0.6 is 0 Å². The van der Waals surface area contributed by atoms with E-state index in [1.807, 2.05) is 30.1 Å².